The molecule has 2 rings (SSSR count). The van der Waals surface area contributed by atoms with E-state index in [-0.39, 0.29) is 0 Å². The molecule has 0 aliphatic carbocycles. The Morgan fingerprint density at radius 1 is 1.11 bits per heavy atom. The number of nitrogens with zero attached hydrogens (tertiary/aromatic N) is 1. The van der Waals surface area contributed by atoms with E-state index >= 15 is 0 Å². The fraction of sp³-hybridized carbons (Fsp3) is 0.118. The van der Waals surface area contributed by atoms with Crippen molar-refractivity contribution >= 4 is 11.3 Å². The number of benzene rings is 2. The molecule has 0 amide bonds. The second-order valence-corrected chi connectivity index (χ2v) is 4.06. The summed E-state index contributed by atoms with van der Waals surface area (Å²) in [5.41, 5.74) is 3.78. The summed E-state index contributed by atoms with van der Waals surface area (Å²) in [4.78, 5) is 3.58. The van der Waals surface area contributed by atoms with Gasteiger partial charge >= 0.3 is 0 Å². The number of hydrogen-bond acceptors (Lipinski definition) is 1. The lowest BCUT2D eigenvalue weighted by Gasteiger charge is -2.10. The SMILES string of the molecule is [C-]#[N+]c1ccccc1/C(=C/C)c1ccc(OC)cc1. The van der Waals surface area contributed by atoms with E-state index in [4.69, 9.17) is 11.3 Å². The van der Waals surface area contributed by atoms with E-state index in [9.17, 15) is 0 Å². The molecule has 19 heavy (non-hydrogen) atoms. The molecule has 0 aliphatic rings. The van der Waals surface area contributed by atoms with Gasteiger partial charge < -0.3 is 4.74 Å². The molecule has 0 spiro atoms. The van der Waals surface area contributed by atoms with Crippen LogP contribution in [-0.2, 0) is 0 Å². The first-order chi connectivity index (χ1) is 9.30. The summed E-state index contributed by atoms with van der Waals surface area (Å²) < 4.78 is 5.17. The van der Waals surface area contributed by atoms with E-state index in [1.165, 1.54) is 0 Å². The molecule has 0 N–H and O–H groups in total. The van der Waals surface area contributed by atoms with Gasteiger partial charge in [-0.3, -0.25) is 0 Å². The molecule has 0 fully saturated rings. The third-order valence-corrected chi connectivity index (χ3v) is 3.00. The molecule has 94 valence electrons. The first-order valence-electron chi connectivity index (χ1n) is 6.07. The predicted octanol–water partition coefficient (Wildman–Crippen LogP) is 4.70. The Hall–Kier alpha value is -2.53. The Bertz CT molecular complexity index is 633. The van der Waals surface area contributed by atoms with E-state index < -0.39 is 0 Å². The Morgan fingerprint density at radius 3 is 2.37 bits per heavy atom. The topological polar surface area (TPSA) is 13.6 Å². The summed E-state index contributed by atoms with van der Waals surface area (Å²) in [6, 6.07) is 15.5. The monoisotopic (exact) mass is 249 g/mol. The van der Waals surface area contributed by atoms with Crippen LogP contribution >= 0.6 is 0 Å². The van der Waals surface area contributed by atoms with Crippen molar-refractivity contribution in [2.75, 3.05) is 7.11 Å². The zero-order valence-corrected chi connectivity index (χ0v) is 11.1. The maximum atomic E-state index is 7.26. The Labute approximate surface area is 113 Å². The minimum Gasteiger partial charge on any atom is -0.497 e. The normalized spacial score (nSPS) is 10.9. The van der Waals surface area contributed by atoms with Crippen LogP contribution in [0.3, 0.4) is 0 Å². The van der Waals surface area contributed by atoms with Crippen molar-refractivity contribution in [2.24, 2.45) is 0 Å². The standard InChI is InChI=1S/C17H15NO/c1-4-15(13-9-11-14(19-3)12-10-13)16-7-5-6-8-17(16)18-2/h4-12H,1,3H3/b15-4+. The highest BCUT2D eigenvalue weighted by molar-refractivity contribution is 5.86. The summed E-state index contributed by atoms with van der Waals surface area (Å²) in [5, 5.41) is 0. The highest BCUT2D eigenvalue weighted by Crippen LogP contribution is 2.31. The molecule has 0 heterocycles. The summed E-state index contributed by atoms with van der Waals surface area (Å²) in [6.07, 6.45) is 2.03. The zero-order valence-electron chi connectivity index (χ0n) is 11.1. The van der Waals surface area contributed by atoms with Gasteiger partial charge in [0, 0.05) is 0 Å². The van der Waals surface area contributed by atoms with Gasteiger partial charge in [-0.15, -0.1) is 0 Å². The lowest BCUT2D eigenvalue weighted by atomic mass is 9.96. The Balaban J connectivity index is 2.48. The van der Waals surface area contributed by atoms with Crippen molar-refractivity contribution in [3.63, 3.8) is 0 Å². The van der Waals surface area contributed by atoms with Crippen molar-refractivity contribution in [1.82, 2.24) is 0 Å². The third kappa shape index (κ3) is 2.66. The summed E-state index contributed by atoms with van der Waals surface area (Å²) in [5.74, 6) is 0.831. The molecule has 0 aliphatic heterocycles. The van der Waals surface area contributed by atoms with Gasteiger partial charge in [0.2, 0.25) is 0 Å². The van der Waals surface area contributed by atoms with Gasteiger partial charge in [0.25, 0.3) is 0 Å². The van der Waals surface area contributed by atoms with Gasteiger partial charge in [0.1, 0.15) is 5.75 Å². The van der Waals surface area contributed by atoms with Crippen LogP contribution in [-0.4, -0.2) is 7.11 Å². The number of hydrogen-bond donors (Lipinski definition) is 0. The molecule has 2 aromatic rings. The van der Waals surface area contributed by atoms with Gasteiger partial charge in [-0.05, 0) is 35.8 Å². The molecule has 2 nitrogen and oxygen atoms in total. The van der Waals surface area contributed by atoms with Crippen molar-refractivity contribution in [1.29, 1.82) is 0 Å². The molecule has 0 aromatic heterocycles. The van der Waals surface area contributed by atoms with E-state index in [1.807, 2.05) is 61.5 Å². The molecule has 0 saturated heterocycles. The van der Waals surface area contributed by atoms with Gasteiger partial charge in [0.05, 0.1) is 13.7 Å². The van der Waals surface area contributed by atoms with Crippen molar-refractivity contribution in [3.05, 3.63) is 77.2 Å². The van der Waals surface area contributed by atoms with Crippen molar-refractivity contribution in [2.45, 2.75) is 6.92 Å². The van der Waals surface area contributed by atoms with Gasteiger partial charge in [-0.1, -0.05) is 42.5 Å². The molecule has 2 aromatic carbocycles. The number of allylic oxidation sites excluding steroid dienone is 1. The summed E-state index contributed by atoms with van der Waals surface area (Å²) in [7, 11) is 1.65. The summed E-state index contributed by atoms with van der Waals surface area (Å²) in [6.45, 7) is 9.24. The molecule has 0 bridgehead atoms. The smallest absolute Gasteiger partial charge is 0.194 e. The van der Waals surface area contributed by atoms with Crippen LogP contribution < -0.4 is 4.74 Å². The lowest BCUT2D eigenvalue weighted by Crippen LogP contribution is -1.89. The molecular formula is C17H15NO. The average molecular weight is 249 g/mol. The minimum absolute atomic E-state index is 0.673. The predicted molar refractivity (Wildman–Crippen MR) is 78.5 cm³/mol. The molecule has 0 unspecified atom stereocenters. The van der Waals surface area contributed by atoms with Gasteiger partial charge in [0.15, 0.2) is 5.69 Å². The fourth-order valence-electron chi connectivity index (χ4n) is 2.05. The van der Waals surface area contributed by atoms with Crippen molar-refractivity contribution < 1.29 is 4.74 Å². The van der Waals surface area contributed by atoms with Crippen LogP contribution in [0, 0.1) is 6.57 Å². The molecular weight excluding hydrogens is 234 g/mol. The average Bonchev–Trinajstić information content (AvgIpc) is 2.49. The summed E-state index contributed by atoms with van der Waals surface area (Å²) >= 11 is 0. The largest absolute Gasteiger partial charge is 0.497 e. The lowest BCUT2D eigenvalue weighted by molar-refractivity contribution is 0.415. The van der Waals surface area contributed by atoms with Crippen LogP contribution in [0.25, 0.3) is 10.4 Å². The van der Waals surface area contributed by atoms with Crippen LogP contribution in [0.5, 0.6) is 5.75 Å². The maximum Gasteiger partial charge on any atom is 0.194 e. The van der Waals surface area contributed by atoms with E-state index in [2.05, 4.69) is 4.85 Å². The van der Waals surface area contributed by atoms with Gasteiger partial charge in [-0.2, -0.15) is 0 Å². The first kappa shape index (κ1) is 12.9. The number of ether oxygens (including phenoxy) is 1. The first-order valence-corrected chi connectivity index (χ1v) is 6.07. The molecule has 0 atom stereocenters. The van der Waals surface area contributed by atoms with Crippen LogP contribution in [0.15, 0.2) is 54.6 Å². The molecule has 0 radical (unpaired) electrons. The van der Waals surface area contributed by atoms with E-state index in [0.29, 0.717) is 5.69 Å². The number of methoxy groups -OCH3 is 1. The van der Waals surface area contributed by atoms with E-state index in [1.54, 1.807) is 7.11 Å². The van der Waals surface area contributed by atoms with Crippen LogP contribution in [0.2, 0.25) is 0 Å². The highest BCUT2D eigenvalue weighted by Gasteiger charge is 2.08. The fourth-order valence-corrected chi connectivity index (χ4v) is 2.05. The Kier molecular flexibility index (Phi) is 4.00. The third-order valence-electron chi connectivity index (χ3n) is 3.00. The highest BCUT2D eigenvalue weighted by atomic mass is 16.5. The number of rotatable bonds is 3. The Morgan fingerprint density at radius 2 is 1.79 bits per heavy atom. The molecule has 0 saturated carbocycles. The van der Waals surface area contributed by atoms with Gasteiger partial charge in [-0.25, -0.2) is 4.85 Å². The quantitative estimate of drug-likeness (QED) is 0.719. The molecule has 2 heteroatoms. The minimum atomic E-state index is 0.673. The van der Waals surface area contributed by atoms with Crippen LogP contribution in [0.4, 0.5) is 5.69 Å². The zero-order chi connectivity index (χ0) is 13.7. The second kappa shape index (κ2) is 5.88. The number of para-hydroxylation sites is 1. The second-order valence-electron chi connectivity index (χ2n) is 4.06. The van der Waals surface area contributed by atoms with E-state index in [0.717, 1.165) is 22.4 Å². The maximum absolute atomic E-state index is 7.26. The van der Waals surface area contributed by atoms with Crippen molar-refractivity contribution in [3.8, 4) is 5.75 Å². The van der Waals surface area contributed by atoms with Crippen LogP contribution in [0.1, 0.15) is 18.1 Å².